The molecular weight excluding hydrogens is 310 g/mol. The van der Waals surface area contributed by atoms with E-state index in [9.17, 15) is 4.79 Å². The Balaban J connectivity index is 2.00. The molecule has 1 aromatic carbocycles. The van der Waals surface area contributed by atoms with Crippen molar-refractivity contribution in [2.24, 2.45) is 0 Å². The maximum absolute atomic E-state index is 11.0. The van der Waals surface area contributed by atoms with Crippen LogP contribution in [0.2, 0.25) is 0 Å². The van der Waals surface area contributed by atoms with E-state index in [0.29, 0.717) is 18.8 Å². The molecule has 0 unspecified atom stereocenters. The van der Waals surface area contributed by atoms with Gasteiger partial charge < -0.3 is 10.4 Å². The largest absolute Gasteiger partial charge is 0.478 e. The molecule has 0 atom stereocenters. The zero-order chi connectivity index (χ0) is 13.7. The van der Waals surface area contributed by atoms with Crippen LogP contribution in [0, 0.1) is 0 Å². The van der Waals surface area contributed by atoms with Gasteiger partial charge in [0.25, 0.3) is 0 Å². The molecule has 5 nitrogen and oxygen atoms in total. The number of halogens is 1. The average Bonchev–Trinajstić information content (AvgIpc) is 2.41. The third kappa shape index (κ3) is 3.59. The smallest absolute Gasteiger partial charge is 0.339 e. The van der Waals surface area contributed by atoms with E-state index >= 15 is 0 Å². The van der Waals surface area contributed by atoms with E-state index in [2.05, 4.69) is 31.2 Å². The second-order valence-electron chi connectivity index (χ2n) is 3.88. The number of benzene rings is 1. The summed E-state index contributed by atoms with van der Waals surface area (Å²) in [6, 6.07) is 7.86. The molecule has 0 aliphatic carbocycles. The van der Waals surface area contributed by atoms with Crippen LogP contribution in [-0.4, -0.2) is 21.0 Å². The van der Waals surface area contributed by atoms with Crippen LogP contribution in [0.4, 0.5) is 0 Å². The quantitative estimate of drug-likeness (QED) is 0.883. The van der Waals surface area contributed by atoms with E-state index in [0.717, 1.165) is 10.0 Å². The van der Waals surface area contributed by atoms with E-state index in [1.54, 1.807) is 0 Å². The van der Waals surface area contributed by atoms with E-state index in [4.69, 9.17) is 5.11 Å². The summed E-state index contributed by atoms with van der Waals surface area (Å²) in [5.74, 6) is -1.02. The van der Waals surface area contributed by atoms with Crippen molar-refractivity contribution in [2.45, 2.75) is 13.1 Å². The number of carboxylic acid groups (broad SMARTS) is 1. The molecule has 0 fully saturated rings. The molecule has 2 aromatic rings. The Bertz CT molecular complexity index is 590. The van der Waals surface area contributed by atoms with Crippen LogP contribution in [-0.2, 0) is 13.1 Å². The van der Waals surface area contributed by atoms with Gasteiger partial charge in [0.15, 0.2) is 0 Å². The van der Waals surface area contributed by atoms with Gasteiger partial charge in [0, 0.05) is 23.8 Å². The van der Waals surface area contributed by atoms with Gasteiger partial charge >= 0.3 is 5.97 Å². The average molecular weight is 322 g/mol. The molecule has 2 N–H and O–H groups in total. The fourth-order valence-corrected chi connectivity index (χ4v) is 2.06. The van der Waals surface area contributed by atoms with E-state index in [1.165, 1.54) is 12.5 Å². The second-order valence-corrected chi connectivity index (χ2v) is 4.74. The maximum Gasteiger partial charge on any atom is 0.339 e. The van der Waals surface area contributed by atoms with Crippen molar-refractivity contribution in [1.29, 1.82) is 0 Å². The molecule has 0 bridgehead atoms. The fraction of sp³-hybridized carbons (Fsp3) is 0.154. The van der Waals surface area contributed by atoms with Crippen LogP contribution in [0.15, 0.2) is 41.3 Å². The first-order chi connectivity index (χ1) is 9.18. The lowest BCUT2D eigenvalue weighted by Crippen LogP contribution is -2.17. The summed E-state index contributed by atoms with van der Waals surface area (Å²) >= 11 is 3.46. The molecule has 1 heterocycles. The fourth-order valence-electron chi connectivity index (χ4n) is 1.63. The summed E-state index contributed by atoms with van der Waals surface area (Å²) in [4.78, 5) is 18.7. The molecule has 2 rings (SSSR count). The minimum Gasteiger partial charge on any atom is -0.478 e. The second kappa shape index (κ2) is 6.40. The standard InChI is InChI=1S/C13H12BrN3O2/c14-11-4-2-1-3-9(11)5-15-7-12-10(13(18)19)6-16-8-17-12/h1-4,6,8,15H,5,7H2,(H,18,19). The van der Waals surface area contributed by atoms with Gasteiger partial charge in [0.1, 0.15) is 11.9 Å². The Hall–Kier alpha value is -1.79. The molecule has 0 amide bonds. The number of carbonyl (C=O) groups is 1. The molecule has 0 saturated heterocycles. The molecule has 0 saturated carbocycles. The zero-order valence-electron chi connectivity index (χ0n) is 10.0. The molecule has 6 heteroatoms. The Morgan fingerprint density at radius 1 is 1.32 bits per heavy atom. The zero-order valence-corrected chi connectivity index (χ0v) is 11.6. The highest BCUT2D eigenvalue weighted by Crippen LogP contribution is 2.15. The minimum absolute atomic E-state index is 0.127. The highest BCUT2D eigenvalue weighted by molar-refractivity contribution is 9.10. The van der Waals surface area contributed by atoms with Crippen LogP contribution in [0.1, 0.15) is 21.6 Å². The summed E-state index contributed by atoms with van der Waals surface area (Å²) in [6.07, 6.45) is 2.66. The van der Waals surface area contributed by atoms with Gasteiger partial charge in [0.2, 0.25) is 0 Å². The van der Waals surface area contributed by atoms with Crippen molar-refractivity contribution in [2.75, 3.05) is 0 Å². The maximum atomic E-state index is 11.0. The number of nitrogens with zero attached hydrogens (tertiary/aromatic N) is 2. The predicted molar refractivity (Wildman–Crippen MR) is 73.7 cm³/mol. The molecule has 0 aliphatic heterocycles. The van der Waals surface area contributed by atoms with Gasteiger partial charge in [-0.05, 0) is 11.6 Å². The Kier molecular flexibility index (Phi) is 4.59. The van der Waals surface area contributed by atoms with Gasteiger partial charge in [-0.25, -0.2) is 14.8 Å². The first-order valence-corrected chi connectivity index (χ1v) is 6.44. The lowest BCUT2D eigenvalue weighted by atomic mass is 10.2. The van der Waals surface area contributed by atoms with Crippen LogP contribution >= 0.6 is 15.9 Å². The predicted octanol–water partition coefficient (Wildman–Crippen LogP) is 2.23. The Morgan fingerprint density at radius 2 is 2.11 bits per heavy atom. The van der Waals surface area contributed by atoms with Crippen molar-refractivity contribution in [3.05, 3.63) is 58.1 Å². The Morgan fingerprint density at radius 3 is 2.84 bits per heavy atom. The first kappa shape index (κ1) is 13.6. The summed E-state index contributed by atoms with van der Waals surface area (Å²) in [6.45, 7) is 1.01. The van der Waals surface area contributed by atoms with Crippen molar-refractivity contribution < 1.29 is 9.90 Å². The monoisotopic (exact) mass is 321 g/mol. The molecule has 0 radical (unpaired) electrons. The minimum atomic E-state index is -1.02. The summed E-state index contributed by atoms with van der Waals surface area (Å²) in [7, 11) is 0. The third-order valence-corrected chi connectivity index (χ3v) is 3.36. The van der Waals surface area contributed by atoms with E-state index in [-0.39, 0.29) is 5.56 Å². The number of hydrogen-bond acceptors (Lipinski definition) is 4. The molecule has 1 aromatic heterocycles. The highest BCUT2D eigenvalue weighted by atomic mass is 79.9. The number of hydrogen-bond donors (Lipinski definition) is 2. The SMILES string of the molecule is O=C(O)c1cncnc1CNCc1ccccc1Br. The number of carboxylic acids is 1. The van der Waals surface area contributed by atoms with Crippen molar-refractivity contribution in [1.82, 2.24) is 15.3 Å². The number of nitrogens with one attached hydrogen (secondary N) is 1. The van der Waals surface area contributed by atoms with Gasteiger partial charge in [-0.2, -0.15) is 0 Å². The summed E-state index contributed by atoms with van der Waals surface area (Å²) in [5.41, 5.74) is 1.71. The molecule has 0 aliphatic rings. The van der Waals surface area contributed by atoms with Gasteiger partial charge in [-0.1, -0.05) is 34.1 Å². The number of aromatic carboxylic acids is 1. The van der Waals surface area contributed by atoms with Gasteiger partial charge in [-0.3, -0.25) is 0 Å². The lowest BCUT2D eigenvalue weighted by molar-refractivity contribution is 0.0694. The van der Waals surface area contributed by atoms with Gasteiger partial charge in [-0.15, -0.1) is 0 Å². The van der Waals surface area contributed by atoms with Gasteiger partial charge in [0.05, 0.1) is 5.69 Å². The van der Waals surface area contributed by atoms with Crippen LogP contribution in [0.3, 0.4) is 0 Å². The van der Waals surface area contributed by atoms with Crippen molar-refractivity contribution in [3.63, 3.8) is 0 Å². The highest BCUT2D eigenvalue weighted by Gasteiger charge is 2.10. The lowest BCUT2D eigenvalue weighted by Gasteiger charge is -2.07. The van der Waals surface area contributed by atoms with E-state index in [1.807, 2.05) is 24.3 Å². The summed E-state index contributed by atoms with van der Waals surface area (Å²) < 4.78 is 1.02. The third-order valence-electron chi connectivity index (χ3n) is 2.59. The van der Waals surface area contributed by atoms with Crippen molar-refractivity contribution >= 4 is 21.9 Å². The van der Waals surface area contributed by atoms with Crippen LogP contribution in [0.25, 0.3) is 0 Å². The number of aromatic nitrogens is 2. The molecule has 19 heavy (non-hydrogen) atoms. The normalized spacial score (nSPS) is 10.4. The summed E-state index contributed by atoms with van der Waals surface area (Å²) in [5, 5.41) is 12.2. The topological polar surface area (TPSA) is 75.1 Å². The first-order valence-electron chi connectivity index (χ1n) is 5.65. The molecular formula is C13H12BrN3O2. The number of rotatable bonds is 5. The van der Waals surface area contributed by atoms with E-state index < -0.39 is 5.97 Å². The van der Waals surface area contributed by atoms with Crippen LogP contribution in [0.5, 0.6) is 0 Å². The van der Waals surface area contributed by atoms with Crippen molar-refractivity contribution in [3.8, 4) is 0 Å². The molecule has 98 valence electrons. The van der Waals surface area contributed by atoms with Crippen LogP contribution < -0.4 is 5.32 Å². The Labute approximate surface area is 118 Å². The molecule has 0 spiro atoms.